The maximum absolute atomic E-state index is 12.1. The van der Waals surface area contributed by atoms with Crippen LogP contribution in [-0.4, -0.2) is 20.9 Å². The molecule has 3 aromatic rings. The van der Waals surface area contributed by atoms with Crippen molar-refractivity contribution in [2.75, 3.05) is 5.32 Å². The van der Waals surface area contributed by atoms with E-state index in [1.54, 1.807) is 12.4 Å². The van der Waals surface area contributed by atoms with E-state index < -0.39 is 0 Å². The van der Waals surface area contributed by atoms with Crippen molar-refractivity contribution in [3.8, 4) is 0 Å². The number of halogens is 1. The van der Waals surface area contributed by atoms with Crippen LogP contribution in [0.3, 0.4) is 0 Å². The van der Waals surface area contributed by atoms with Gasteiger partial charge in [0.15, 0.2) is 0 Å². The van der Waals surface area contributed by atoms with Gasteiger partial charge in [0.05, 0.1) is 12.4 Å². The molecule has 0 spiro atoms. The van der Waals surface area contributed by atoms with Crippen LogP contribution in [0.5, 0.6) is 0 Å². The van der Waals surface area contributed by atoms with Crippen LogP contribution >= 0.6 is 15.9 Å². The van der Waals surface area contributed by atoms with E-state index in [2.05, 4.69) is 41.5 Å². The minimum absolute atomic E-state index is 0.264. The summed E-state index contributed by atoms with van der Waals surface area (Å²) in [6, 6.07) is 11.4. The maximum Gasteiger partial charge on any atom is 0.271 e. The third kappa shape index (κ3) is 4.36. The molecule has 0 aliphatic carbocycles. The van der Waals surface area contributed by atoms with E-state index in [-0.39, 0.29) is 11.6 Å². The number of carbonyl (C=O) groups excluding carboxylic acids is 1. The van der Waals surface area contributed by atoms with Gasteiger partial charge in [-0.05, 0) is 35.9 Å². The second-order valence-corrected chi connectivity index (χ2v) is 5.88. The Bertz CT molecular complexity index is 807. The summed E-state index contributed by atoms with van der Waals surface area (Å²) in [5.41, 5.74) is 2.08. The number of rotatable bonds is 5. The van der Waals surface area contributed by atoms with Gasteiger partial charge >= 0.3 is 0 Å². The lowest BCUT2D eigenvalue weighted by Gasteiger charge is -2.07. The van der Waals surface area contributed by atoms with Crippen molar-refractivity contribution >= 4 is 33.3 Å². The van der Waals surface area contributed by atoms with Crippen molar-refractivity contribution in [3.05, 3.63) is 76.9 Å². The Morgan fingerprint density at radius 1 is 1.04 bits per heavy atom. The first kappa shape index (κ1) is 16.1. The van der Waals surface area contributed by atoms with E-state index >= 15 is 0 Å². The Kier molecular flexibility index (Phi) is 5.12. The Balaban J connectivity index is 1.59. The van der Waals surface area contributed by atoms with Gasteiger partial charge in [-0.25, -0.2) is 9.97 Å². The lowest BCUT2D eigenvalue weighted by atomic mass is 10.3. The fraction of sp³-hybridized carbons (Fsp3) is 0.0588. The summed E-state index contributed by atoms with van der Waals surface area (Å²) >= 11 is 3.38. The van der Waals surface area contributed by atoms with Gasteiger partial charge in [0.25, 0.3) is 5.91 Å². The average molecular weight is 384 g/mol. The Morgan fingerprint density at radius 3 is 2.54 bits per heavy atom. The van der Waals surface area contributed by atoms with Crippen molar-refractivity contribution in [3.63, 3.8) is 0 Å². The number of pyridine rings is 1. The van der Waals surface area contributed by atoms with Crippen LogP contribution in [0, 0.1) is 0 Å². The van der Waals surface area contributed by atoms with Crippen LogP contribution in [0.2, 0.25) is 0 Å². The molecule has 7 heteroatoms. The Morgan fingerprint density at radius 2 is 1.88 bits per heavy atom. The predicted octanol–water partition coefficient (Wildman–Crippen LogP) is 3.31. The van der Waals surface area contributed by atoms with Gasteiger partial charge in [-0.1, -0.05) is 22.0 Å². The smallest absolute Gasteiger partial charge is 0.271 e. The number of nitrogens with zero attached hydrogens (tertiary/aromatic N) is 3. The van der Waals surface area contributed by atoms with E-state index in [1.807, 2.05) is 36.4 Å². The topological polar surface area (TPSA) is 79.8 Å². The summed E-state index contributed by atoms with van der Waals surface area (Å²) in [6.07, 6.45) is 6.37. The van der Waals surface area contributed by atoms with Crippen molar-refractivity contribution in [1.82, 2.24) is 20.3 Å². The maximum atomic E-state index is 12.1. The lowest BCUT2D eigenvalue weighted by molar-refractivity contribution is 0.0945. The predicted molar refractivity (Wildman–Crippen MR) is 94.9 cm³/mol. The molecule has 0 saturated carbocycles. The van der Waals surface area contributed by atoms with Gasteiger partial charge in [-0.3, -0.25) is 9.78 Å². The molecule has 0 aliphatic heterocycles. The normalized spacial score (nSPS) is 10.2. The standard InChI is InChI=1S/C17H14BrN5O/c18-13-3-5-14(6-4-13)23-16-11-20-15(10-21-16)17(24)22-9-12-2-1-7-19-8-12/h1-8,10-11H,9H2,(H,21,23)(H,22,24). The summed E-state index contributed by atoms with van der Waals surface area (Å²) in [6.45, 7) is 0.396. The first-order valence-corrected chi connectivity index (χ1v) is 8.02. The molecule has 0 aliphatic rings. The Labute approximate surface area is 147 Å². The average Bonchev–Trinajstić information content (AvgIpc) is 2.63. The van der Waals surface area contributed by atoms with Crippen LogP contribution in [0.4, 0.5) is 11.5 Å². The molecule has 1 aromatic carbocycles. The van der Waals surface area contributed by atoms with Gasteiger partial charge < -0.3 is 10.6 Å². The quantitative estimate of drug-likeness (QED) is 0.706. The number of benzene rings is 1. The SMILES string of the molecule is O=C(NCc1cccnc1)c1cnc(Nc2ccc(Br)cc2)cn1. The molecule has 24 heavy (non-hydrogen) atoms. The number of aromatic nitrogens is 3. The van der Waals surface area contributed by atoms with Crippen molar-refractivity contribution in [1.29, 1.82) is 0 Å². The van der Waals surface area contributed by atoms with E-state index in [4.69, 9.17) is 0 Å². The fourth-order valence-corrected chi connectivity index (χ4v) is 2.23. The number of carbonyl (C=O) groups is 1. The summed E-state index contributed by atoms with van der Waals surface area (Å²) in [7, 11) is 0. The molecular weight excluding hydrogens is 370 g/mol. The van der Waals surface area contributed by atoms with Gasteiger partial charge in [0.2, 0.25) is 0 Å². The third-order valence-corrected chi connectivity index (χ3v) is 3.71. The molecule has 1 amide bonds. The summed E-state index contributed by atoms with van der Waals surface area (Å²) in [5.74, 6) is 0.294. The van der Waals surface area contributed by atoms with E-state index in [9.17, 15) is 4.79 Å². The van der Waals surface area contributed by atoms with Gasteiger partial charge in [-0.2, -0.15) is 0 Å². The zero-order valence-corrected chi connectivity index (χ0v) is 14.2. The van der Waals surface area contributed by atoms with Crippen molar-refractivity contribution in [2.24, 2.45) is 0 Å². The zero-order chi connectivity index (χ0) is 16.8. The number of anilines is 2. The van der Waals surface area contributed by atoms with Crippen LogP contribution in [0.1, 0.15) is 16.1 Å². The molecule has 0 atom stereocenters. The van der Waals surface area contributed by atoms with Crippen LogP contribution in [0.25, 0.3) is 0 Å². The monoisotopic (exact) mass is 383 g/mol. The number of hydrogen-bond donors (Lipinski definition) is 2. The van der Waals surface area contributed by atoms with Crippen molar-refractivity contribution in [2.45, 2.75) is 6.54 Å². The molecule has 120 valence electrons. The molecule has 0 saturated heterocycles. The highest BCUT2D eigenvalue weighted by molar-refractivity contribution is 9.10. The molecule has 6 nitrogen and oxygen atoms in total. The van der Waals surface area contributed by atoms with Gasteiger partial charge in [-0.15, -0.1) is 0 Å². The first-order valence-electron chi connectivity index (χ1n) is 7.22. The number of nitrogens with one attached hydrogen (secondary N) is 2. The second kappa shape index (κ2) is 7.65. The first-order chi connectivity index (χ1) is 11.7. The van der Waals surface area contributed by atoms with Crippen molar-refractivity contribution < 1.29 is 4.79 Å². The van der Waals surface area contributed by atoms with E-state index in [0.717, 1.165) is 15.7 Å². The minimum atomic E-state index is -0.276. The lowest BCUT2D eigenvalue weighted by Crippen LogP contribution is -2.24. The highest BCUT2D eigenvalue weighted by Gasteiger charge is 2.08. The van der Waals surface area contributed by atoms with E-state index in [1.165, 1.54) is 12.4 Å². The molecule has 2 N–H and O–H groups in total. The third-order valence-electron chi connectivity index (χ3n) is 3.18. The van der Waals surface area contributed by atoms with Crippen LogP contribution < -0.4 is 10.6 Å². The number of hydrogen-bond acceptors (Lipinski definition) is 5. The molecule has 0 fully saturated rings. The fourth-order valence-electron chi connectivity index (χ4n) is 1.97. The van der Waals surface area contributed by atoms with Crippen LogP contribution in [-0.2, 0) is 6.54 Å². The number of amides is 1. The highest BCUT2D eigenvalue weighted by atomic mass is 79.9. The van der Waals surface area contributed by atoms with Crippen LogP contribution in [0.15, 0.2) is 65.7 Å². The molecule has 0 unspecified atom stereocenters. The minimum Gasteiger partial charge on any atom is -0.347 e. The second-order valence-electron chi connectivity index (χ2n) is 4.96. The van der Waals surface area contributed by atoms with E-state index in [0.29, 0.717) is 12.4 Å². The van der Waals surface area contributed by atoms with Gasteiger partial charge in [0, 0.05) is 29.1 Å². The molecular formula is C17H14BrN5O. The molecule has 2 aromatic heterocycles. The highest BCUT2D eigenvalue weighted by Crippen LogP contribution is 2.17. The summed E-state index contributed by atoms with van der Waals surface area (Å²) < 4.78 is 1.000. The largest absolute Gasteiger partial charge is 0.347 e. The van der Waals surface area contributed by atoms with Gasteiger partial charge in [0.1, 0.15) is 11.5 Å². The molecule has 2 heterocycles. The zero-order valence-electron chi connectivity index (χ0n) is 12.6. The molecule has 3 rings (SSSR count). The summed E-state index contributed by atoms with van der Waals surface area (Å²) in [4.78, 5) is 24.4. The molecule has 0 radical (unpaired) electrons. The summed E-state index contributed by atoms with van der Waals surface area (Å²) in [5, 5.41) is 5.90. The Hall–Kier alpha value is -2.80. The molecule has 0 bridgehead atoms.